The summed E-state index contributed by atoms with van der Waals surface area (Å²) in [6.45, 7) is 2.01. The molecule has 0 aromatic heterocycles. The van der Waals surface area contributed by atoms with Crippen LogP contribution in [0.15, 0.2) is 24.3 Å². The van der Waals surface area contributed by atoms with E-state index in [-0.39, 0.29) is 11.6 Å². The quantitative estimate of drug-likeness (QED) is 0.751. The molecule has 0 heterocycles. The number of ether oxygens (including phenoxy) is 2. The maximum absolute atomic E-state index is 11.4. The summed E-state index contributed by atoms with van der Waals surface area (Å²) in [7, 11) is 1.42. The number of carbonyl (C=O) groups is 1. The van der Waals surface area contributed by atoms with Gasteiger partial charge in [-0.1, -0.05) is 18.2 Å². The molecular formula is C14H18O3. The molecule has 0 amide bonds. The third-order valence-corrected chi connectivity index (χ3v) is 3.38. The number of rotatable bonds is 4. The van der Waals surface area contributed by atoms with Crippen molar-refractivity contribution < 1.29 is 14.3 Å². The van der Waals surface area contributed by atoms with Crippen molar-refractivity contribution in [2.24, 2.45) is 0 Å². The summed E-state index contributed by atoms with van der Waals surface area (Å²) in [5.74, 6) is 0.675. The predicted molar refractivity (Wildman–Crippen MR) is 65.0 cm³/mol. The Morgan fingerprint density at radius 3 is 2.59 bits per heavy atom. The van der Waals surface area contributed by atoms with E-state index in [1.807, 2.05) is 31.2 Å². The zero-order chi connectivity index (χ0) is 12.3. The predicted octanol–water partition coefficient (Wildman–Crippen LogP) is 2.86. The third-order valence-electron chi connectivity index (χ3n) is 3.38. The van der Waals surface area contributed by atoms with Crippen molar-refractivity contribution in [2.45, 2.75) is 38.2 Å². The highest BCUT2D eigenvalue weighted by Gasteiger charge is 2.42. The van der Waals surface area contributed by atoms with Crippen molar-refractivity contribution in [3.05, 3.63) is 29.8 Å². The number of para-hydroxylation sites is 1. The van der Waals surface area contributed by atoms with E-state index in [2.05, 4.69) is 0 Å². The lowest BCUT2D eigenvalue weighted by molar-refractivity contribution is -0.148. The molecule has 0 aliphatic heterocycles. The molecule has 1 aromatic carbocycles. The highest BCUT2D eigenvalue weighted by atomic mass is 16.5. The summed E-state index contributed by atoms with van der Waals surface area (Å²) in [5, 5.41) is 0. The summed E-state index contributed by atoms with van der Waals surface area (Å²) < 4.78 is 10.8. The summed E-state index contributed by atoms with van der Waals surface area (Å²) in [6.07, 6.45) is 3.31. The summed E-state index contributed by atoms with van der Waals surface area (Å²) >= 11 is 0. The van der Waals surface area contributed by atoms with Crippen molar-refractivity contribution >= 4 is 5.97 Å². The molecule has 0 unspecified atom stereocenters. The van der Waals surface area contributed by atoms with Crippen LogP contribution in [0.25, 0.3) is 0 Å². The van der Waals surface area contributed by atoms with E-state index in [0.717, 1.165) is 30.6 Å². The van der Waals surface area contributed by atoms with Crippen LogP contribution in [-0.2, 0) is 9.53 Å². The van der Waals surface area contributed by atoms with E-state index in [1.165, 1.54) is 7.11 Å². The Morgan fingerprint density at radius 1 is 1.35 bits per heavy atom. The van der Waals surface area contributed by atoms with Crippen LogP contribution in [0.2, 0.25) is 0 Å². The highest BCUT2D eigenvalue weighted by Crippen LogP contribution is 2.40. The van der Waals surface area contributed by atoms with Crippen LogP contribution in [-0.4, -0.2) is 18.7 Å². The number of esters is 1. The first-order chi connectivity index (χ1) is 8.15. The van der Waals surface area contributed by atoms with Crippen LogP contribution in [0.3, 0.4) is 0 Å². The molecule has 1 aliphatic carbocycles. The second-order valence-corrected chi connectivity index (χ2v) is 4.66. The van der Waals surface area contributed by atoms with E-state index in [0.29, 0.717) is 6.42 Å². The van der Waals surface area contributed by atoms with E-state index < -0.39 is 0 Å². The largest absolute Gasteiger partial charge is 0.486 e. The zero-order valence-electron chi connectivity index (χ0n) is 10.4. The average Bonchev–Trinajstić information content (AvgIpc) is 2.28. The number of hydrogen-bond donors (Lipinski definition) is 0. The van der Waals surface area contributed by atoms with Gasteiger partial charge in [-0.2, -0.15) is 0 Å². The van der Waals surface area contributed by atoms with Gasteiger partial charge in [-0.3, -0.25) is 4.79 Å². The minimum absolute atomic E-state index is 0.196. The van der Waals surface area contributed by atoms with Crippen LogP contribution >= 0.6 is 0 Å². The van der Waals surface area contributed by atoms with Gasteiger partial charge in [0, 0.05) is 0 Å². The van der Waals surface area contributed by atoms with Crippen LogP contribution in [0.1, 0.15) is 31.2 Å². The van der Waals surface area contributed by atoms with Gasteiger partial charge in [-0.25, -0.2) is 0 Å². The molecule has 0 atom stereocenters. The summed E-state index contributed by atoms with van der Waals surface area (Å²) in [6, 6.07) is 7.90. The minimum Gasteiger partial charge on any atom is -0.486 e. The number of methoxy groups -OCH3 is 1. The van der Waals surface area contributed by atoms with Crippen molar-refractivity contribution in [1.29, 1.82) is 0 Å². The Morgan fingerprint density at radius 2 is 2.06 bits per heavy atom. The zero-order valence-corrected chi connectivity index (χ0v) is 10.4. The smallest absolute Gasteiger partial charge is 0.309 e. The maximum atomic E-state index is 11.4. The van der Waals surface area contributed by atoms with Gasteiger partial charge in [0.25, 0.3) is 0 Å². The molecule has 1 aliphatic rings. The van der Waals surface area contributed by atoms with Crippen LogP contribution in [0, 0.1) is 6.92 Å². The SMILES string of the molecule is COC(=O)CC1(Oc2ccccc2C)CCC1. The topological polar surface area (TPSA) is 35.5 Å². The molecule has 17 heavy (non-hydrogen) atoms. The molecule has 1 saturated carbocycles. The molecule has 3 heteroatoms. The molecule has 1 fully saturated rings. The second-order valence-electron chi connectivity index (χ2n) is 4.66. The van der Waals surface area contributed by atoms with E-state index in [4.69, 9.17) is 9.47 Å². The van der Waals surface area contributed by atoms with Crippen molar-refractivity contribution in [3.63, 3.8) is 0 Å². The Labute approximate surface area is 102 Å². The molecule has 3 nitrogen and oxygen atoms in total. The van der Waals surface area contributed by atoms with Gasteiger partial charge in [0.05, 0.1) is 13.5 Å². The molecule has 0 radical (unpaired) electrons. The molecule has 2 rings (SSSR count). The van der Waals surface area contributed by atoms with Crippen LogP contribution in [0.4, 0.5) is 0 Å². The third kappa shape index (κ3) is 2.60. The van der Waals surface area contributed by atoms with Crippen molar-refractivity contribution in [2.75, 3.05) is 7.11 Å². The minimum atomic E-state index is -0.334. The molecule has 92 valence electrons. The first-order valence-corrected chi connectivity index (χ1v) is 5.97. The fourth-order valence-corrected chi connectivity index (χ4v) is 2.13. The lowest BCUT2D eigenvalue weighted by atomic mass is 9.77. The van der Waals surface area contributed by atoms with Crippen LogP contribution in [0.5, 0.6) is 5.75 Å². The lowest BCUT2D eigenvalue weighted by Crippen LogP contribution is -2.45. The van der Waals surface area contributed by atoms with Gasteiger partial charge in [0.1, 0.15) is 11.4 Å². The van der Waals surface area contributed by atoms with Gasteiger partial charge in [-0.05, 0) is 37.8 Å². The van der Waals surface area contributed by atoms with Gasteiger partial charge < -0.3 is 9.47 Å². The molecule has 0 spiro atoms. The number of aryl methyl sites for hydroxylation is 1. The first-order valence-electron chi connectivity index (χ1n) is 5.97. The van der Waals surface area contributed by atoms with Gasteiger partial charge >= 0.3 is 5.97 Å². The Balaban J connectivity index is 2.10. The molecule has 0 N–H and O–H groups in total. The Hall–Kier alpha value is -1.51. The van der Waals surface area contributed by atoms with Gasteiger partial charge in [0.15, 0.2) is 0 Å². The first kappa shape index (κ1) is 12.0. The fourth-order valence-electron chi connectivity index (χ4n) is 2.13. The fraction of sp³-hybridized carbons (Fsp3) is 0.500. The Kier molecular flexibility index (Phi) is 3.36. The van der Waals surface area contributed by atoms with Crippen molar-refractivity contribution in [1.82, 2.24) is 0 Å². The van der Waals surface area contributed by atoms with Gasteiger partial charge in [0.2, 0.25) is 0 Å². The molecule has 0 saturated heterocycles. The molecule has 0 bridgehead atoms. The lowest BCUT2D eigenvalue weighted by Gasteiger charge is -2.41. The monoisotopic (exact) mass is 234 g/mol. The normalized spacial score (nSPS) is 17.1. The molecule has 1 aromatic rings. The highest BCUT2D eigenvalue weighted by molar-refractivity contribution is 5.70. The van der Waals surface area contributed by atoms with Crippen LogP contribution < -0.4 is 4.74 Å². The maximum Gasteiger partial charge on any atom is 0.309 e. The van der Waals surface area contributed by atoms with E-state index in [9.17, 15) is 4.79 Å². The van der Waals surface area contributed by atoms with E-state index in [1.54, 1.807) is 0 Å². The van der Waals surface area contributed by atoms with E-state index >= 15 is 0 Å². The number of benzene rings is 1. The van der Waals surface area contributed by atoms with Crippen molar-refractivity contribution in [3.8, 4) is 5.75 Å². The summed E-state index contributed by atoms with van der Waals surface area (Å²) in [5.41, 5.74) is 0.766. The molecular weight excluding hydrogens is 216 g/mol. The second kappa shape index (κ2) is 4.78. The summed E-state index contributed by atoms with van der Waals surface area (Å²) in [4.78, 5) is 11.4. The standard InChI is InChI=1S/C14H18O3/c1-11-6-3-4-7-12(11)17-14(8-5-9-14)10-13(15)16-2/h3-4,6-7H,5,8-10H2,1-2H3. The average molecular weight is 234 g/mol. The number of carbonyl (C=O) groups excluding carboxylic acids is 1. The Bertz CT molecular complexity index is 408. The number of hydrogen-bond acceptors (Lipinski definition) is 3. The van der Waals surface area contributed by atoms with Gasteiger partial charge in [-0.15, -0.1) is 0 Å².